The summed E-state index contributed by atoms with van der Waals surface area (Å²) in [6.45, 7) is 0. The summed E-state index contributed by atoms with van der Waals surface area (Å²) in [6, 6.07) is 9.22. The number of hydrogen-bond donors (Lipinski definition) is 0. The number of hydrogen-bond acceptors (Lipinski definition) is 5. The average Bonchev–Trinajstić information content (AvgIpc) is 3.06. The SMILES string of the molecule is Clc1ncccc1Oc1nc(-c2ccccn2)nc2c1CCC2. The number of aryl methyl sites for hydroxylation is 1. The monoisotopic (exact) mass is 324 g/mol. The Labute approximate surface area is 138 Å². The summed E-state index contributed by atoms with van der Waals surface area (Å²) in [6.07, 6.45) is 6.23. The summed E-state index contributed by atoms with van der Waals surface area (Å²) in [7, 11) is 0. The van der Waals surface area contributed by atoms with Crippen molar-refractivity contribution in [1.29, 1.82) is 0 Å². The van der Waals surface area contributed by atoms with Crippen LogP contribution in [0.1, 0.15) is 17.7 Å². The molecule has 3 aromatic heterocycles. The molecule has 3 heterocycles. The van der Waals surface area contributed by atoms with Gasteiger partial charge in [-0.25, -0.2) is 9.97 Å². The molecule has 0 fully saturated rings. The fourth-order valence-electron chi connectivity index (χ4n) is 2.64. The molecule has 0 saturated heterocycles. The van der Waals surface area contributed by atoms with Crippen LogP contribution in [-0.2, 0) is 12.8 Å². The highest BCUT2D eigenvalue weighted by molar-refractivity contribution is 6.30. The van der Waals surface area contributed by atoms with E-state index in [1.807, 2.05) is 18.2 Å². The maximum Gasteiger partial charge on any atom is 0.226 e. The Morgan fingerprint density at radius 3 is 2.70 bits per heavy atom. The van der Waals surface area contributed by atoms with E-state index in [1.54, 1.807) is 24.5 Å². The molecule has 1 aliphatic rings. The van der Waals surface area contributed by atoms with Gasteiger partial charge in [0.05, 0.1) is 5.69 Å². The van der Waals surface area contributed by atoms with Crippen LogP contribution in [-0.4, -0.2) is 19.9 Å². The average molecular weight is 325 g/mol. The summed E-state index contributed by atoms with van der Waals surface area (Å²) < 4.78 is 5.94. The minimum Gasteiger partial charge on any atom is -0.435 e. The van der Waals surface area contributed by atoms with Crippen LogP contribution in [0.25, 0.3) is 11.5 Å². The van der Waals surface area contributed by atoms with E-state index in [0.717, 1.165) is 36.2 Å². The molecule has 114 valence electrons. The van der Waals surface area contributed by atoms with E-state index >= 15 is 0 Å². The van der Waals surface area contributed by atoms with Gasteiger partial charge in [-0.05, 0) is 43.5 Å². The number of fused-ring (bicyclic) bond motifs is 1. The van der Waals surface area contributed by atoms with Gasteiger partial charge in [0, 0.05) is 18.0 Å². The largest absolute Gasteiger partial charge is 0.435 e. The lowest BCUT2D eigenvalue weighted by Crippen LogP contribution is -2.02. The van der Waals surface area contributed by atoms with Crippen molar-refractivity contribution in [3.8, 4) is 23.1 Å². The number of halogens is 1. The fraction of sp³-hybridized carbons (Fsp3) is 0.176. The van der Waals surface area contributed by atoms with Gasteiger partial charge in [-0.15, -0.1) is 0 Å². The number of aromatic nitrogens is 4. The van der Waals surface area contributed by atoms with Gasteiger partial charge in [0.1, 0.15) is 5.69 Å². The Bertz CT molecular complexity index is 854. The van der Waals surface area contributed by atoms with Gasteiger partial charge in [-0.2, -0.15) is 4.98 Å². The zero-order chi connectivity index (χ0) is 15.6. The predicted octanol–water partition coefficient (Wildman–Crippen LogP) is 3.87. The second-order valence-electron chi connectivity index (χ2n) is 5.24. The molecule has 0 aromatic carbocycles. The molecule has 23 heavy (non-hydrogen) atoms. The van der Waals surface area contributed by atoms with Crippen LogP contribution >= 0.6 is 11.6 Å². The number of nitrogens with zero attached hydrogens (tertiary/aromatic N) is 4. The molecule has 0 N–H and O–H groups in total. The first kappa shape index (κ1) is 14.1. The third kappa shape index (κ3) is 2.75. The van der Waals surface area contributed by atoms with Crippen molar-refractivity contribution < 1.29 is 4.74 Å². The highest BCUT2D eigenvalue weighted by Crippen LogP contribution is 2.34. The Morgan fingerprint density at radius 2 is 1.87 bits per heavy atom. The second kappa shape index (κ2) is 5.93. The van der Waals surface area contributed by atoms with Crippen molar-refractivity contribution >= 4 is 11.6 Å². The van der Waals surface area contributed by atoms with Crippen molar-refractivity contribution in [2.24, 2.45) is 0 Å². The first-order chi connectivity index (χ1) is 11.3. The third-order valence-electron chi connectivity index (χ3n) is 3.72. The van der Waals surface area contributed by atoms with Gasteiger partial charge in [-0.1, -0.05) is 17.7 Å². The lowest BCUT2D eigenvalue weighted by atomic mass is 10.2. The van der Waals surface area contributed by atoms with E-state index in [0.29, 0.717) is 22.6 Å². The fourth-order valence-corrected chi connectivity index (χ4v) is 2.80. The molecule has 0 radical (unpaired) electrons. The molecule has 1 aliphatic carbocycles. The highest BCUT2D eigenvalue weighted by atomic mass is 35.5. The zero-order valence-corrected chi connectivity index (χ0v) is 13.0. The maximum atomic E-state index is 6.09. The predicted molar refractivity (Wildman–Crippen MR) is 86.6 cm³/mol. The Kier molecular flexibility index (Phi) is 3.63. The van der Waals surface area contributed by atoms with Crippen LogP contribution in [0.5, 0.6) is 11.6 Å². The molecule has 0 aliphatic heterocycles. The number of pyridine rings is 2. The van der Waals surface area contributed by atoms with Crippen LogP contribution in [0.3, 0.4) is 0 Å². The molecular weight excluding hydrogens is 312 g/mol. The second-order valence-corrected chi connectivity index (χ2v) is 5.60. The van der Waals surface area contributed by atoms with Crippen molar-refractivity contribution in [3.63, 3.8) is 0 Å². The molecule has 0 spiro atoms. The summed E-state index contributed by atoms with van der Waals surface area (Å²) in [5.41, 5.74) is 2.80. The zero-order valence-electron chi connectivity index (χ0n) is 12.2. The lowest BCUT2D eigenvalue weighted by molar-refractivity contribution is 0.454. The summed E-state index contributed by atoms with van der Waals surface area (Å²) in [4.78, 5) is 17.6. The van der Waals surface area contributed by atoms with Crippen molar-refractivity contribution in [2.45, 2.75) is 19.3 Å². The molecule has 0 unspecified atom stereocenters. The van der Waals surface area contributed by atoms with Gasteiger partial charge in [0.15, 0.2) is 16.7 Å². The quantitative estimate of drug-likeness (QED) is 0.684. The third-order valence-corrected chi connectivity index (χ3v) is 4.00. The maximum absolute atomic E-state index is 6.09. The van der Waals surface area contributed by atoms with Gasteiger partial charge in [-0.3, -0.25) is 4.98 Å². The smallest absolute Gasteiger partial charge is 0.226 e. The highest BCUT2D eigenvalue weighted by Gasteiger charge is 2.22. The normalized spacial score (nSPS) is 12.9. The van der Waals surface area contributed by atoms with E-state index in [2.05, 4.69) is 19.9 Å². The molecule has 0 atom stereocenters. The van der Waals surface area contributed by atoms with Crippen molar-refractivity contribution in [3.05, 3.63) is 59.1 Å². The standard InChI is InChI=1S/C17H13ClN4O/c18-15-14(8-4-10-20-15)23-17-11-5-3-7-12(11)21-16(22-17)13-6-1-2-9-19-13/h1-2,4,6,8-10H,3,5,7H2. The van der Waals surface area contributed by atoms with E-state index in [1.165, 1.54) is 0 Å². The molecule has 6 heteroatoms. The Balaban J connectivity index is 1.80. The first-order valence-electron chi connectivity index (χ1n) is 7.41. The minimum atomic E-state index is 0.317. The van der Waals surface area contributed by atoms with E-state index in [4.69, 9.17) is 16.3 Å². The topological polar surface area (TPSA) is 60.8 Å². The van der Waals surface area contributed by atoms with Crippen molar-refractivity contribution in [2.75, 3.05) is 0 Å². The summed E-state index contributed by atoms with van der Waals surface area (Å²) in [5.74, 6) is 1.61. The first-order valence-corrected chi connectivity index (χ1v) is 7.78. The molecule has 4 rings (SSSR count). The van der Waals surface area contributed by atoms with E-state index in [-0.39, 0.29) is 0 Å². The summed E-state index contributed by atoms with van der Waals surface area (Å²) >= 11 is 6.09. The molecule has 0 bridgehead atoms. The molecule has 5 nitrogen and oxygen atoms in total. The van der Waals surface area contributed by atoms with Crippen LogP contribution < -0.4 is 4.74 Å². The van der Waals surface area contributed by atoms with Gasteiger partial charge in [0.2, 0.25) is 5.88 Å². The van der Waals surface area contributed by atoms with Gasteiger partial charge < -0.3 is 4.74 Å². The van der Waals surface area contributed by atoms with Crippen LogP contribution in [0.4, 0.5) is 0 Å². The number of rotatable bonds is 3. The van der Waals surface area contributed by atoms with Gasteiger partial charge in [0.25, 0.3) is 0 Å². The molecular formula is C17H13ClN4O. The number of ether oxygens (including phenoxy) is 1. The van der Waals surface area contributed by atoms with E-state index in [9.17, 15) is 0 Å². The van der Waals surface area contributed by atoms with E-state index < -0.39 is 0 Å². The summed E-state index contributed by atoms with van der Waals surface area (Å²) in [5, 5.41) is 0.317. The van der Waals surface area contributed by atoms with Crippen LogP contribution in [0.15, 0.2) is 42.7 Å². The van der Waals surface area contributed by atoms with Gasteiger partial charge >= 0.3 is 0 Å². The Hall–Kier alpha value is -2.53. The van der Waals surface area contributed by atoms with Crippen molar-refractivity contribution in [1.82, 2.24) is 19.9 Å². The lowest BCUT2D eigenvalue weighted by Gasteiger charge is -2.11. The molecule has 0 amide bonds. The minimum absolute atomic E-state index is 0.317. The molecule has 3 aromatic rings. The Morgan fingerprint density at radius 1 is 0.957 bits per heavy atom. The van der Waals surface area contributed by atoms with Crippen LogP contribution in [0.2, 0.25) is 5.15 Å². The van der Waals surface area contributed by atoms with Crippen LogP contribution in [0, 0.1) is 0 Å². The molecule has 0 saturated carbocycles.